The molecule has 0 spiro atoms. The maximum atomic E-state index is 11.6. The van der Waals surface area contributed by atoms with Gasteiger partial charge in [-0.25, -0.2) is 4.79 Å². The Labute approximate surface area is 153 Å². The summed E-state index contributed by atoms with van der Waals surface area (Å²) in [7, 11) is 4.10. The van der Waals surface area contributed by atoms with E-state index in [1.165, 1.54) is 12.0 Å². The van der Waals surface area contributed by atoms with Crippen LogP contribution in [0.4, 0.5) is 4.79 Å². The number of benzene rings is 1. The van der Waals surface area contributed by atoms with E-state index in [0.29, 0.717) is 12.4 Å². The van der Waals surface area contributed by atoms with E-state index >= 15 is 0 Å². The normalized spacial score (nSPS) is 14.4. The Kier molecular flexibility index (Phi) is 6.35. The lowest BCUT2D eigenvalue weighted by atomic mass is 10.1. The zero-order valence-electron chi connectivity index (χ0n) is 15.5. The van der Waals surface area contributed by atoms with Gasteiger partial charge in [0.25, 0.3) is 0 Å². The Morgan fingerprint density at radius 2 is 2.12 bits per heavy atom. The van der Waals surface area contributed by atoms with Crippen LogP contribution in [0.25, 0.3) is 10.9 Å². The van der Waals surface area contributed by atoms with Gasteiger partial charge in [-0.15, -0.1) is 0 Å². The van der Waals surface area contributed by atoms with E-state index in [2.05, 4.69) is 14.8 Å². The molecule has 2 heterocycles. The van der Waals surface area contributed by atoms with Gasteiger partial charge in [0.15, 0.2) is 0 Å². The van der Waals surface area contributed by atoms with E-state index in [1.807, 2.05) is 38.5 Å². The number of hydrogen-bond acceptors (Lipinski definition) is 6. The summed E-state index contributed by atoms with van der Waals surface area (Å²) in [5, 5.41) is 1.03. The Morgan fingerprint density at radius 3 is 2.85 bits per heavy atom. The van der Waals surface area contributed by atoms with Gasteiger partial charge in [0, 0.05) is 30.2 Å². The maximum absolute atomic E-state index is 11.6. The molecule has 142 valence electrons. The second kappa shape index (κ2) is 8.91. The number of fused-ring (bicyclic) bond motifs is 1. The molecule has 1 aromatic heterocycles. The van der Waals surface area contributed by atoms with E-state index < -0.39 is 6.16 Å². The quantitative estimate of drug-likeness (QED) is 0.547. The van der Waals surface area contributed by atoms with Crippen LogP contribution in [0.1, 0.15) is 12.0 Å². The number of ether oxygens (including phenoxy) is 3. The summed E-state index contributed by atoms with van der Waals surface area (Å²) in [6.07, 6.45) is 3.44. The average molecular weight is 361 g/mol. The van der Waals surface area contributed by atoms with Gasteiger partial charge in [0.1, 0.15) is 12.4 Å². The van der Waals surface area contributed by atoms with Gasteiger partial charge < -0.3 is 24.1 Å². The van der Waals surface area contributed by atoms with Crippen LogP contribution in [-0.4, -0.2) is 74.6 Å². The van der Waals surface area contributed by atoms with Crippen molar-refractivity contribution in [3.8, 4) is 5.75 Å². The van der Waals surface area contributed by atoms with Crippen molar-refractivity contribution in [1.82, 2.24) is 14.8 Å². The molecule has 0 unspecified atom stereocenters. The first-order valence-electron chi connectivity index (χ1n) is 9.02. The van der Waals surface area contributed by atoms with Crippen LogP contribution in [0.3, 0.4) is 0 Å². The van der Waals surface area contributed by atoms with Crippen molar-refractivity contribution in [2.24, 2.45) is 0 Å². The Morgan fingerprint density at radius 1 is 1.27 bits per heavy atom. The van der Waals surface area contributed by atoms with Crippen LogP contribution in [0.5, 0.6) is 5.75 Å². The first-order valence-corrected chi connectivity index (χ1v) is 9.02. The van der Waals surface area contributed by atoms with Crippen LogP contribution in [0.2, 0.25) is 0 Å². The number of nitrogens with zero attached hydrogens (tertiary/aromatic N) is 2. The first kappa shape index (κ1) is 18.5. The third-order valence-electron chi connectivity index (χ3n) is 4.54. The molecule has 1 aromatic carbocycles. The average Bonchev–Trinajstić information content (AvgIpc) is 2.99. The summed E-state index contributed by atoms with van der Waals surface area (Å²) >= 11 is 0. The number of likely N-dealkylation sites (tertiary alicyclic amines) is 1. The summed E-state index contributed by atoms with van der Waals surface area (Å²) in [4.78, 5) is 19.3. The number of hydrogen-bond donors (Lipinski definition) is 1. The van der Waals surface area contributed by atoms with Crippen molar-refractivity contribution in [3.63, 3.8) is 0 Å². The van der Waals surface area contributed by atoms with Crippen LogP contribution in [0.15, 0.2) is 24.4 Å². The summed E-state index contributed by atoms with van der Waals surface area (Å²) in [6, 6.07) is 5.80. The summed E-state index contributed by atoms with van der Waals surface area (Å²) < 4.78 is 15.8. The zero-order chi connectivity index (χ0) is 18.4. The molecule has 0 amide bonds. The Bertz CT molecular complexity index is 725. The molecule has 3 rings (SSSR count). The fourth-order valence-corrected chi connectivity index (χ4v) is 2.93. The second-order valence-electron chi connectivity index (χ2n) is 6.75. The predicted octanol–water partition coefficient (Wildman–Crippen LogP) is 2.47. The summed E-state index contributed by atoms with van der Waals surface area (Å²) in [5.41, 5.74) is 2.19. The minimum Gasteiger partial charge on any atom is -0.457 e. The fraction of sp³-hybridized carbons (Fsp3) is 0.526. The van der Waals surface area contributed by atoms with E-state index in [9.17, 15) is 4.79 Å². The SMILES string of the molecule is CN(C)CCc1c[nH]c2cccc(OCOC(=O)OCCN3CCC3)c12. The Balaban J connectivity index is 1.49. The highest BCUT2D eigenvalue weighted by molar-refractivity contribution is 5.89. The molecule has 7 nitrogen and oxygen atoms in total. The summed E-state index contributed by atoms with van der Waals surface area (Å²) in [6.45, 7) is 4.05. The van der Waals surface area contributed by atoms with Gasteiger partial charge in [-0.05, 0) is 57.7 Å². The van der Waals surface area contributed by atoms with Crippen molar-refractivity contribution >= 4 is 17.1 Å². The van der Waals surface area contributed by atoms with Crippen molar-refractivity contribution in [1.29, 1.82) is 0 Å². The lowest BCUT2D eigenvalue weighted by Gasteiger charge is -2.29. The van der Waals surface area contributed by atoms with Gasteiger partial charge >= 0.3 is 6.16 Å². The third kappa shape index (κ3) is 4.89. The Hall–Kier alpha value is -2.25. The molecule has 0 radical (unpaired) electrons. The van der Waals surface area contributed by atoms with E-state index in [4.69, 9.17) is 14.2 Å². The molecule has 1 aliphatic rings. The number of likely N-dealkylation sites (N-methyl/N-ethyl adjacent to an activating group) is 1. The molecule has 2 aromatic rings. The summed E-state index contributed by atoms with van der Waals surface area (Å²) in [5.74, 6) is 0.700. The molecule has 1 saturated heterocycles. The van der Waals surface area contributed by atoms with Crippen LogP contribution in [0, 0.1) is 0 Å². The van der Waals surface area contributed by atoms with Gasteiger partial charge in [-0.2, -0.15) is 0 Å². The zero-order valence-corrected chi connectivity index (χ0v) is 15.5. The van der Waals surface area contributed by atoms with Gasteiger partial charge in [0.05, 0.1) is 0 Å². The maximum Gasteiger partial charge on any atom is 0.511 e. The lowest BCUT2D eigenvalue weighted by Crippen LogP contribution is -2.39. The topological polar surface area (TPSA) is 67.0 Å². The molecule has 1 fully saturated rings. The van der Waals surface area contributed by atoms with Crippen LogP contribution >= 0.6 is 0 Å². The third-order valence-corrected chi connectivity index (χ3v) is 4.54. The molecular formula is C19H27N3O4. The highest BCUT2D eigenvalue weighted by Gasteiger charge is 2.14. The second-order valence-corrected chi connectivity index (χ2v) is 6.75. The number of carbonyl (C=O) groups excluding carboxylic acids is 1. The number of carbonyl (C=O) groups is 1. The highest BCUT2D eigenvalue weighted by Crippen LogP contribution is 2.29. The molecule has 0 atom stereocenters. The standard InChI is InChI=1S/C19H27N3O4/c1-21(2)10-7-15-13-20-16-5-3-6-17(18(15)16)25-14-26-19(23)24-12-11-22-8-4-9-22/h3,5-6,13,20H,4,7-12,14H2,1-2H3. The van der Waals surface area contributed by atoms with Gasteiger partial charge in [-0.1, -0.05) is 6.07 Å². The molecule has 1 aliphatic heterocycles. The largest absolute Gasteiger partial charge is 0.511 e. The molecular weight excluding hydrogens is 334 g/mol. The number of rotatable bonds is 9. The van der Waals surface area contributed by atoms with E-state index in [-0.39, 0.29) is 6.79 Å². The predicted molar refractivity (Wildman–Crippen MR) is 99.5 cm³/mol. The monoisotopic (exact) mass is 361 g/mol. The number of H-pyrrole nitrogens is 1. The number of aromatic amines is 1. The molecule has 1 N–H and O–H groups in total. The molecule has 0 saturated carbocycles. The smallest absolute Gasteiger partial charge is 0.457 e. The van der Waals surface area contributed by atoms with E-state index in [1.54, 1.807) is 0 Å². The van der Waals surface area contributed by atoms with Crippen molar-refractivity contribution in [3.05, 3.63) is 30.0 Å². The highest BCUT2D eigenvalue weighted by atomic mass is 16.8. The molecule has 0 aliphatic carbocycles. The van der Waals surface area contributed by atoms with Crippen molar-refractivity contribution in [2.45, 2.75) is 12.8 Å². The number of aromatic nitrogens is 1. The minimum absolute atomic E-state index is 0.167. The minimum atomic E-state index is -0.695. The molecule has 26 heavy (non-hydrogen) atoms. The molecule has 0 bridgehead atoms. The van der Waals surface area contributed by atoms with Crippen molar-refractivity contribution in [2.75, 3.05) is 53.7 Å². The number of nitrogens with one attached hydrogen (secondary N) is 1. The molecule has 7 heteroatoms. The first-order chi connectivity index (χ1) is 12.6. The van der Waals surface area contributed by atoms with E-state index in [0.717, 1.165) is 43.5 Å². The van der Waals surface area contributed by atoms with Crippen molar-refractivity contribution < 1.29 is 19.0 Å². The van der Waals surface area contributed by atoms with Gasteiger partial charge in [0.2, 0.25) is 6.79 Å². The lowest BCUT2D eigenvalue weighted by molar-refractivity contribution is -0.000632. The van der Waals surface area contributed by atoms with Crippen LogP contribution in [-0.2, 0) is 15.9 Å². The van der Waals surface area contributed by atoms with Crippen LogP contribution < -0.4 is 4.74 Å². The van der Waals surface area contributed by atoms with Gasteiger partial charge in [-0.3, -0.25) is 4.90 Å². The fourth-order valence-electron chi connectivity index (χ4n) is 2.93.